The molecule has 1 rings (SSSR count). The molecule has 0 saturated carbocycles. The second kappa shape index (κ2) is 4.45. The smallest absolute Gasteiger partial charge is 0.225 e. The van der Waals surface area contributed by atoms with E-state index in [9.17, 15) is 9.59 Å². The predicted octanol–water partition coefficient (Wildman–Crippen LogP) is -0.848. The number of amides is 2. The van der Waals surface area contributed by atoms with Gasteiger partial charge in [0.15, 0.2) is 0 Å². The second-order valence-corrected chi connectivity index (χ2v) is 2.90. The molecule has 1 saturated heterocycles. The van der Waals surface area contributed by atoms with Crippen molar-refractivity contribution in [3.05, 3.63) is 0 Å². The van der Waals surface area contributed by atoms with E-state index in [4.69, 9.17) is 5.26 Å². The van der Waals surface area contributed by atoms with Gasteiger partial charge in [0, 0.05) is 19.5 Å². The highest BCUT2D eigenvalue weighted by Gasteiger charge is 2.27. The van der Waals surface area contributed by atoms with Crippen LogP contribution >= 0.6 is 0 Å². The van der Waals surface area contributed by atoms with Crippen molar-refractivity contribution >= 4 is 11.8 Å². The van der Waals surface area contributed by atoms with Gasteiger partial charge in [-0.3, -0.25) is 9.59 Å². The third-order valence-electron chi connectivity index (χ3n) is 1.88. The van der Waals surface area contributed by atoms with Crippen molar-refractivity contribution in [2.75, 3.05) is 13.1 Å². The maximum atomic E-state index is 11.3. The zero-order valence-corrected chi connectivity index (χ0v) is 7.17. The lowest BCUT2D eigenvalue weighted by Crippen LogP contribution is -2.32. The molecule has 5 nitrogen and oxygen atoms in total. The summed E-state index contributed by atoms with van der Waals surface area (Å²) in [6.45, 7) is 0.775. The van der Waals surface area contributed by atoms with Gasteiger partial charge in [-0.1, -0.05) is 0 Å². The number of hydrogen-bond acceptors (Lipinski definition) is 3. The number of hydrogen-bond donors (Lipinski definition) is 2. The molecule has 70 valence electrons. The summed E-state index contributed by atoms with van der Waals surface area (Å²) >= 11 is 0. The van der Waals surface area contributed by atoms with Crippen molar-refractivity contribution in [2.24, 2.45) is 5.92 Å². The summed E-state index contributed by atoms with van der Waals surface area (Å²) in [6.07, 6.45) is 0.568. The van der Waals surface area contributed by atoms with E-state index in [1.165, 1.54) is 0 Å². The summed E-state index contributed by atoms with van der Waals surface area (Å²) in [4.78, 5) is 22.0. The summed E-state index contributed by atoms with van der Waals surface area (Å²) in [5.41, 5.74) is 0. The van der Waals surface area contributed by atoms with Crippen LogP contribution in [0.2, 0.25) is 0 Å². The Morgan fingerprint density at radius 2 is 2.54 bits per heavy atom. The van der Waals surface area contributed by atoms with E-state index in [0.717, 1.165) is 0 Å². The molecule has 2 N–H and O–H groups in total. The number of nitrogens with zero attached hydrogens (tertiary/aromatic N) is 1. The van der Waals surface area contributed by atoms with Gasteiger partial charge < -0.3 is 10.6 Å². The summed E-state index contributed by atoms with van der Waals surface area (Å²) in [6, 6.07) is 1.93. The molecule has 1 fully saturated rings. The largest absolute Gasteiger partial charge is 0.355 e. The molecule has 0 aliphatic carbocycles. The maximum Gasteiger partial charge on any atom is 0.225 e. The fourth-order valence-electron chi connectivity index (χ4n) is 1.18. The molecule has 0 bridgehead atoms. The summed E-state index contributed by atoms with van der Waals surface area (Å²) in [7, 11) is 0. The molecule has 1 heterocycles. The van der Waals surface area contributed by atoms with Crippen LogP contribution in [0.1, 0.15) is 12.8 Å². The fourth-order valence-corrected chi connectivity index (χ4v) is 1.18. The topological polar surface area (TPSA) is 82.0 Å². The molecule has 1 aliphatic heterocycles. The van der Waals surface area contributed by atoms with Gasteiger partial charge in [-0.25, -0.2) is 0 Å². The molecule has 13 heavy (non-hydrogen) atoms. The van der Waals surface area contributed by atoms with Crippen LogP contribution in [0.3, 0.4) is 0 Å². The Balaban J connectivity index is 2.24. The van der Waals surface area contributed by atoms with Crippen LogP contribution in [0, 0.1) is 17.2 Å². The Hall–Kier alpha value is -1.57. The Bertz CT molecular complexity index is 257. The lowest BCUT2D eigenvalue weighted by molar-refractivity contribution is -0.126. The van der Waals surface area contributed by atoms with E-state index < -0.39 is 0 Å². The first-order valence-electron chi connectivity index (χ1n) is 4.15. The highest BCUT2D eigenvalue weighted by Crippen LogP contribution is 2.08. The molecule has 5 heteroatoms. The first-order valence-corrected chi connectivity index (χ1v) is 4.15. The lowest BCUT2D eigenvalue weighted by atomic mass is 10.1. The van der Waals surface area contributed by atoms with Gasteiger partial charge in [0.2, 0.25) is 11.8 Å². The Kier molecular flexibility index (Phi) is 3.26. The van der Waals surface area contributed by atoms with Gasteiger partial charge in [0.05, 0.1) is 18.4 Å². The van der Waals surface area contributed by atoms with Crippen LogP contribution in [-0.4, -0.2) is 24.9 Å². The fraction of sp³-hybridized carbons (Fsp3) is 0.625. The zero-order valence-electron chi connectivity index (χ0n) is 7.17. The van der Waals surface area contributed by atoms with Crippen molar-refractivity contribution in [2.45, 2.75) is 12.8 Å². The van der Waals surface area contributed by atoms with Crippen LogP contribution in [0.15, 0.2) is 0 Å². The average Bonchev–Trinajstić information content (AvgIpc) is 2.52. The molecule has 0 aromatic carbocycles. The van der Waals surface area contributed by atoms with E-state index >= 15 is 0 Å². The van der Waals surface area contributed by atoms with Crippen LogP contribution in [0.5, 0.6) is 0 Å². The summed E-state index contributed by atoms with van der Waals surface area (Å²) < 4.78 is 0. The third kappa shape index (κ3) is 2.75. The number of carbonyl (C=O) groups is 2. The van der Waals surface area contributed by atoms with Gasteiger partial charge in [0.25, 0.3) is 0 Å². The predicted molar refractivity (Wildman–Crippen MR) is 44.4 cm³/mol. The summed E-state index contributed by atoms with van der Waals surface area (Å²) in [5, 5.41) is 13.4. The van der Waals surface area contributed by atoms with Gasteiger partial charge in [-0.15, -0.1) is 0 Å². The average molecular weight is 181 g/mol. The Morgan fingerprint density at radius 1 is 1.77 bits per heavy atom. The first kappa shape index (κ1) is 9.52. The normalized spacial score (nSPS) is 20.5. The minimum atomic E-state index is -0.258. The molecule has 0 spiro atoms. The van der Waals surface area contributed by atoms with E-state index in [1.54, 1.807) is 0 Å². The molecule has 0 aromatic heterocycles. The standard InChI is InChI=1S/C8H11N3O2/c9-2-1-3-10-8(13)6-4-7(12)11-5-6/h6H,1,3-5H2,(H,10,13)(H,11,12). The molecular weight excluding hydrogens is 170 g/mol. The second-order valence-electron chi connectivity index (χ2n) is 2.90. The third-order valence-corrected chi connectivity index (χ3v) is 1.88. The van der Waals surface area contributed by atoms with Crippen molar-refractivity contribution < 1.29 is 9.59 Å². The van der Waals surface area contributed by atoms with Crippen molar-refractivity contribution in [3.8, 4) is 6.07 Å². The highest BCUT2D eigenvalue weighted by molar-refractivity contribution is 5.89. The van der Waals surface area contributed by atoms with Crippen LogP contribution < -0.4 is 10.6 Å². The van der Waals surface area contributed by atoms with Crippen LogP contribution in [0.4, 0.5) is 0 Å². The molecule has 0 radical (unpaired) electrons. The Morgan fingerprint density at radius 3 is 3.08 bits per heavy atom. The lowest BCUT2D eigenvalue weighted by Gasteiger charge is -2.06. The monoisotopic (exact) mass is 181 g/mol. The van der Waals surface area contributed by atoms with Crippen molar-refractivity contribution in [1.29, 1.82) is 5.26 Å². The van der Waals surface area contributed by atoms with Crippen molar-refractivity contribution in [1.82, 2.24) is 10.6 Å². The van der Waals surface area contributed by atoms with E-state index in [1.807, 2.05) is 6.07 Å². The quantitative estimate of drug-likeness (QED) is 0.556. The van der Waals surface area contributed by atoms with Gasteiger partial charge in [-0.2, -0.15) is 5.26 Å². The Labute approximate surface area is 76.1 Å². The highest BCUT2D eigenvalue weighted by atomic mass is 16.2. The SMILES string of the molecule is N#CCCNC(=O)C1CNC(=O)C1. The van der Waals surface area contributed by atoms with Gasteiger partial charge in [0.1, 0.15) is 0 Å². The number of nitrogens with one attached hydrogen (secondary N) is 2. The van der Waals surface area contributed by atoms with Crippen LogP contribution in [0.25, 0.3) is 0 Å². The van der Waals surface area contributed by atoms with E-state index in [0.29, 0.717) is 19.5 Å². The molecule has 1 unspecified atom stereocenters. The molecule has 2 amide bonds. The van der Waals surface area contributed by atoms with Crippen LogP contribution in [-0.2, 0) is 9.59 Å². The number of rotatable bonds is 3. The first-order chi connectivity index (χ1) is 6.24. The maximum absolute atomic E-state index is 11.3. The summed E-state index contributed by atoms with van der Waals surface area (Å²) in [5.74, 6) is -0.486. The van der Waals surface area contributed by atoms with E-state index in [2.05, 4.69) is 10.6 Å². The van der Waals surface area contributed by atoms with Crippen molar-refractivity contribution in [3.63, 3.8) is 0 Å². The molecular formula is C8H11N3O2. The van der Waals surface area contributed by atoms with Gasteiger partial charge in [-0.05, 0) is 0 Å². The minimum Gasteiger partial charge on any atom is -0.355 e. The zero-order chi connectivity index (χ0) is 9.68. The molecule has 0 aromatic rings. The number of carbonyl (C=O) groups excluding carboxylic acids is 2. The minimum absolute atomic E-state index is 0.0829. The molecule has 1 aliphatic rings. The van der Waals surface area contributed by atoms with Gasteiger partial charge >= 0.3 is 0 Å². The number of nitriles is 1. The van der Waals surface area contributed by atoms with E-state index in [-0.39, 0.29) is 24.2 Å². The molecule has 1 atom stereocenters.